The fraction of sp³-hybridized carbons (Fsp3) is 0.316. The second kappa shape index (κ2) is 6.88. The number of carbonyl (C=O) groups is 1. The first-order chi connectivity index (χ1) is 11.9. The van der Waals surface area contributed by atoms with E-state index in [9.17, 15) is 13.2 Å². The second-order valence-corrected chi connectivity index (χ2v) is 8.52. The van der Waals surface area contributed by atoms with Crippen molar-refractivity contribution in [3.8, 4) is 0 Å². The molecule has 0 aliphatic heterocycles. The average Bonchev–Trinajstić information content (AvgIpc) is 3.42. The van der Waals surface area contributed by atoms with Crippen molar-refractivity contribution in [2.24, 2.45) is 0 Å². The van der Waals surface area contributed by atoms with E-state index in [4.69, 9.17) is 4.74 Å². The van der Waals surface area contributed by atoms with Gasteiger partial charge in [0.05, 0.1) is 16.2 Å². The smallest absolute Gasteiger partial charge is 0.410 e. The third-order valence-electron chi connectivity index (χ3n) is 4.44. The van der Waals surface area contributed by atoms with Crippen LogP contribution in [0.1, 0.15) is 17.5 Å². The van der Waals surface area contributed by atoms with Gasteiger partial charge in [-0.25, -0.2) is 13.2 Å². The van der Waals surface area contributed by atoms with Crippen LogP contribution in [0.3, 0.4) is 0 Å². The second-order valence-electron chi connectivity index (χ2n) is 6.35. The van der Waals surface area contributed by atoms with Gasteiger partial charge in [-0.05, 0) is 31.0 Å². The Balaban J connectivity index is 1.60. The van der Waals surface area contributed by atoms with Crippen LogP contribution in [0.2, 0.25) is 0 Å². The molecule has 1 aliphatic carbocycles. The normalized spacial score (nSPS) is 19.3. The van der Waals surface area contributed by atoms with Crippen molar-refractivity contribution in [2.45, 2.75) is 36.1 Å². The summed E-state index contributed by atoms with van der Waals surface area (Å²) in [4.78, 5) is 13.9. The summed E-state index contributed by atoms with van der Waals surface area (Å²) in [6.07, 6.45) is -0.0666. The van der Waals surface area contributed by atoms with Gasteiger partial charge in [0.2, 0.25) is 0 Å². The first-order valence-electron chi connectivity index (χ1n) is 8.13. The Hall–Kier alpha value is -2.34. The van der Waals surface area contributed by atoms with E-state index in [1.807, 2.05) is 37.3 Å². The maximum atomic E-state index is 12.6. The average molecular weight is 359 g/mol. The van der Waals surface area contributed by atoms with E-state index in [1.165, 1.54) is 4.90 Å². The fourth-order valence-corrected chi connectivity index (χ4v) is 4.67. The van der Waals surface area contributed by atoms with Gasteiger partial charge >= 0.3 is 6.09 Å². The summed E-state index contributed by atoms with van der Waals surface area (Å²) in [5.74, 6) is 0. The Morgan fingerprint density at radius 1 is 1.12 bits per heavy atom. The van der Waals surface area contributed by atoms with Crippen molar-refractivity contribution in [2.75, 3.05) is 7.05 Å². The molecule has 2 aromatic carbocycles. The van der Waals surface area contributed by atoms with E-state index in [0.717, 1.165) is 11.1 Å². The van der Waals surface area contributed by atoms with Crippen LogP contribution < -0.4 is 0 Å². The maximum absolute atomic E-state index is 12.6. The number of hydrogen-bond donors (Lipinski definition) is 0. The van der Waals surface area contributed by atoms with Crippen LogP contribution in [0.25, 0.3) is 0 Å². The van der Waals surface area contributed by atoms with Gasteiger partial charge in [-0.1, -0.05) is 48.0 Å². The lowest BCUT2D eigenvalue weighted by atomic mass is 10.2. The SMILES string of the molecule is Cc1ccc(S(=O)(=O)[C@@H]2C[C@H]2N(C)C(=O)OCc2ccccc2)cc1. The zero-order valence-corrected chi connectivity index (χ0v) is 15.1. The van der Waals surface area contributed by atoms with Crippen LogP contribution in [0.15, 0.2) is 59.5 Å². The van der Waals surface area contributed by atoms with Gasteiger partial charge < -0.3 is 9.64 Å². The molecule has 0 saturated heterocycles. The number of sulfone groups is 1. The Morgan fingerprint density at radius 2 is 1.76 bits per heavy atom. The van der Waals surface area contributed by atoms with E-state index in [-0.39, 0.29) is 12.6 Å². The standard InChI is InChI=1S/C19H21NO4S/c1-14-8-10-16(11-9-14)25(22,23)18-12-17(18)20(2)19(21)24-13-15-6-4-3-5-7-15/h3-11,17-18H,12-13H2,1-2H3/t17-,18-/m1/s1. The highest BCUT2D eigenvalue weighted by Gasteiger charge is 2.51. The quantitative estimate of drug-likeness (QED) is 0.822. The van der Waals surface area contributed by atoms with Crippen LogP contribution in [0.5, 0.6) is 0 Å². The van der Waals surface area contributed by atoms with Gasteiger partial charge in [0.25, 0.3) is 0 Å². The van der Waals surface area contributed by atoms with Crippen LogP contribution in [0.4, 0.5) is 4.79 Å². The Bertz CT molecular complexity index is 847. The molecule has 6 heteroatoms. The lowest BCUT2D eigenvalue weighted by molar-refractivity contribution is 0.103. The summed E-state index contributed by atoms with van der Waals surface area (Å²) >= 11 is 0. The molecule has 2 atom stereocenters. The Morgan fingerprint density at radius 3 is 2.40 bits per heavy atom. The first kappa shape index (κ1) is 17.5. The number of rotatable bonds is 5. The minimum absolute atomic E-state index is 0.173. The molecule has 0 radical (unpaired) electrons. The Labute approximate surface area is 148 Å². The zero-order chi connectivity index (χ0) is 18.0. The highest BCUT2D eigenvalue weighted by Crippen LogP contribution is 2.38. The highest BCUT2D eigenvalue weighted by molar-refractivity contribution is 7.92. The van der Waals surface area contributed by atoms with E-state index in [0.29, 0.717) is 11.3 Å². The van der Waals surface area contributed by atoms with Crippen LogP contribution in [-0.4, -0.2) is 37.8 Å². The number of carbonyl (C=O) groups excluding carboxylic acids is 1. The molecule has 2 aromatic rings. The molecule has 1 amide bonds. The topological polar surface area (TPSA) is 63.7 Å². The van der Waals surface area contributed by atoms with Crippen molar-refractivity contribution in [3.63, 3.8) is 0 Å². The molecule has 0 heterocycles. The molecule has 0 unspecified atom stereocenters. The third kappa shape index (κ3) is 3.85. The molecule has 3 rings (SSSR count). The van der Waals surface area contributed by atoms with Crippen molar-refractivity contribution in [3.05, 3.63) is 65.7 Å². The number of amides is 1. The number of ether oxygens (including phenoxy) is 1. The summed E-state index contributed by atoms with van der Waals surface area (Å²) < 4.78 is 30.6. The summed E-state index contributed by atoms with van der Waals surface area (Å²) in [7, 11) is -1.84. The molecule has 1 fully saturated rings. The molecule has 1 aliphatic rings. The van der Waals surface area contributed by atoms with Gasteiger partial charge in [-0.3, -0.25) is 0 Å². The molecule has 0 aromatic heterocycles. The predicted octanol–water partition coefficient (Wildman–Crippen LogP) is 3.18. The molecule has 0 bridgehead atoms. The van der Waals surface area contributed by atoms with Gasteiger partial charge in [-0.2, -0.15) is 0 Å². The van der Waals surface area contributed by atoms with Crippen molar-refractivity contribution >= 4 is 15.9 Å². The number of aryl methyl sites for hydroxylation is 1. The summed E-state index contributed by atoms with van der Waals surface area (Å²) in [6.45, 7) is 2.08. The third-order valence-corrected chi connectivity index (χ3v) is 6.67. The predicted molar refractivity (Wildman–Crippen MR) is 94.9 cm³/mol. The first-order valence-corrected chi connectivity index (χ1v) is 9.68. The van der Waals surface area contributed by atoms with Gasteiger partial charge in [0.1, 0.15) is 6.61 Å². The van der Waals surface area contributed by atoms with Crippen LogP contribution in [0, 0.1) is 6.92 Å². The van der Waals surface area contributed by atoms with Gasteiger partial charge in [0.15, 0.2) is 9.84 Å². The summed E-state index contributed by atoms with van der Waals surface area (Å²) in [6, 6.07) is 15.8. The lowest BCUT2D eigenvalue weighted by Gasteiger charge is -2.17. The maximum Gasteiger partial charge on any atom is 0.410 e. The van der Waals surface area contributed by atoms with Crippen molar-refractivity contribution in [1.82, 2.24) is 4.90 Å². The Kier molecular flexibility index (Phi) is 4.81. The molecular formula is C19H21NO4S. The zero-order valence-electron chi connectivity index (χ0n) is 14.3. The minimum Gasteiger partial charge on any atom is -0.445 e. The van der Waals surface area contributed by atoms with Crippen molar-refractivity contribution in [1.29, 1.82) is 0 Å². The van der Waals surface area contributed by atoms with E-state index in [1.54, 1.807) is 31.3 Å². The molecular weight excluding hydrogens is 338 g/mol. The highest BCUT2D eigenvalue weighted by atomic mass is 32.2. The van der Waals surface area contributed by atoms with E-state index >= 15 is 0 Å². The van der Waals surface area contributed by atoms with Crippen LogP contribution in [-0.2, 0) is 21.2 Å². The summed E-state index contributed by atoms with van der Waals surface area (Å²) in [5, 5.41) is -0.565. The molecule has 1 saturated carbocycles. The summed E-state index contributed by atoms with van der Waals surface area (Å²) in [5.41, 5.74) is 1.90. The lowest BCUT2D eigenvalue weighted by Crippen LogP contribution is -2.32. The fourth-order valence-electron chi connectivity index (χ4n) is 2.76. The molecule has 132 valence electrons. The minimum atomic E-state index is -3.43. The molecule has 25 heavy (non-hydrogen) atoms. The van der Waals surface area contributed by atoms with E-state index in [2.05, 4.69) is 0 Å². The molecule has 0 spiro atoms. The molecule has 5 nitrogen and oxygen atoms in total. The van der Waals surface area contributed by atoms with Crippen molar-refractivity contribution < 1.29 is 17.9 Å². The van der Waals surface area contributed by atoms with Crippen LogP contribution >= 0.6 is 0 Å². The number of benzene rings is 2. The number of nitrogens with zero attached hydrogens (tertiary/aromatic N) is 1. The number of hydrogen-bond acceptors (Lipinski definition) is 4. The van der Waals surface area contributed by atoms with Gasteiger partial charge in [-0.15, -0.1) is 0 Å². The monoisotopic (exact) mass is 359 g/mol. The molecule has 0 N–H and O–H groups in total. The van der Waals surface area contributed by atoms with Gasteiger partial charge in [0, 0.05) is 7.05 Å². The van der Waals surface area contributed by atoms with E-state index < -0.39 is 21.2 Å². The largest absolute Gasteiger partial charge is 0.445 e.